The normalized spacial score (nSPS) is 26.8. The second-order valence-corrected chi connectivity index (χ2v) is 7.73. The molecule has 1 aromatic carbocycles. The highest BCUT2D eigenvalue weighted by Crippen LogP contribution is 2.52. The monoisotopic (exact) mass is 378 g/mol. The van der Waals surface area contributed by atoms with Gasteiger partial charge in [-0.05, 0) is 43.2 Å². The molecule has 8 heteroatoms. The van der Waals surface area contributed by atoms with Crippen LogP contribution in [0.15, 0.2) is 23.6 Å². The average Bonchev–Trinajstić information content (AvgIpc) is 3.29. The number of aromatic nitrogens is 1. The van der Waals surface area contributed by atoms with E-state index >= 15 is 0 Å². The summed E-state index contributed by atoms with van der Waals surface area (Å²) in [7, 11) is 0. The Kier molecular flexibility index (Phi) is 4.22. The van der Waals surface area contributed by atoms with E-state index < -0.39 is 29.4 Å². The maximum Gasteiger partial charge on any atom is 0.307 e. The standard InChI is InChI=1S/C18H16F2N2O3S/c19-10-3-4-11(12(20)6-10)13-7-26-18(21-13)22-16(23)14-8-1-2-9(5-8)15(14)17(24)25/h3-4,6-9,14-15H,1-2,5H2,(H,24,25)(H,21,22,23)/t8-,9+,14-,15-/m0/s1. The van der Waals surface area contributed by atoms with Gasteiger partial charge < -0.3 is 10.4 Å². The molecule has 4 rings (SSSR count). The number of carbonyl (C=O) groups excluding carboxylic acids is 1. The minimum absolute atomic E-state index is 0.0633. The van der Waals surface area contributed by atoms with E-state index in [0.717, 1.165) is 42.7 Å². The van der Waals surface area contributed by atoms with Crippen LogP contribution in [0.4, 0.5) is 13.9 Å². The number of amides is 1. The molecule has 2 saturated carbocycles. The molecule has 26 heavy (non-hydrogen) atoms. The molecule has 1 heterocycles. The quantitative estimate of drug-likeness (QED) is 0.849. The zero-order chi connectivity index (χ0) is 18.4. The summed E-state index contributed by atoms with van der Waals surface area (Å²) in [6.07, 6.45) is 2.51. The topological polar surface area (TPSA) is 79.3 Å². The first-order chi connectivity index (χ1) is 12.4. The zero-order valence-electron chi connectivity index (χ0n) is 13.6. The van der Waals surface area contributed by atoms with Crippen molar-refractivity contribution >= 4 is 28.3 Å². The number of aliphatic carboxylic acids is 1. The van der Waals surface area contributed by atoms with Crippen LogP contribution >= 0.6 is 11.3 Å². The smallest absolute Gasteiger partial charge is 0.307 e. The zero-order valence-corrected chi connectivity index (χ0v) is 14.4. The van der Waals surface area contributed by atoms with Gasteiger partial charge in [-0.2, -0.15) is 0 Å². The fraction of sp³-hybridized carbons (Fsp3) is 0.389. The third-order valence-corrected chi connectivity index (χ3v) is 6.20. The van der Waals surface area contributed by atoms with Crippen LogP contribution < -0.4 is 5.32 Å². The van der Waals surface area contributed by atoms with Crippen LogP contribution in [0.1, 0.15) is 19.3 Å². The summed E-state index contributed by atoms with van der Waals surface area (Å²) in [4.78, 5) is 28.4. The third kappa shape index (κ3) is 2.88. The van der Waals surface area contributed by atoms with Gasteiger partial charge in [0.15, 0.2) is 5.13 Å². The van der Waals surface area contributed by atoms with Crippen LogP contribution in [0.5, 0.6) is 0 Å². The first kappa shape index (κ1) is 17.1. The highest BCUT2D eigenvalue weighted by Gasteiger charge is 2.54. The Morgan fingerprint density at radius 1 is 1.19 bits per heavy atom. The molecular formula is C18H16F2N2O3S. The van der Waals surface area contributed by atoms with Crippen LogP contribution in [-0.2, 0) is 9.59 Å². The molecule has 0 saturated heterocycles. The lowest BCUT2D eigenvalue weighted by atomic mass is 9.79. The molecule has 2 aromatic rings. The highest BCUT2D eigenvalue weighted by atomic mass is 32.1. The molecule has 1 amide bonds. The maximum absolute atomic E-state index is 13.9. The molecule has 4 atom stereocenters. The SMILES string of the molecule is O=C(O)[C@H]1[C@@H]2CC[C@@H](C2)[C@@H]1C(=O)Nc1nc(-c2ccc(F)cc2F)cs1. The summed E-state index contributed by atoms with van der Waals surface area (Å²) < 4.78 is 26.9. The number of halogens is 2. The largest absolute Gasteiger partial charge is 0.481 e. The van der Waals surface area contributed by atoms with Crippen LogP contribution in [0.3, 0.4) is 0 Å². The Morgan fingerprint density at radius 3 is 2.62 bits per heavy atom. The van der Waals surface area contributed by atoms with Crippen LogP contribution in [0.2, 0.25) is 0 Å². The number of thiazole rings is 1. The van der Waals surface area contributed by atoms with E-state index in [1.807, 2.05) is 0 Å². The van der Waals surface area contributed by atoms with Crippen LogP contribution in [0.25, 0.3) is 11.3 Å². The van der Waals surface area contributed by atoms with Gasteiger partial charge in [0.2, 0.25) is 5.91 Å². The molecule has 0 radical (unpaired) electrons. The number of hydrogen-bond donors (Lipinski definition) is 2. The number of hydrogen-bond acceptors (Lipinski definition) is 4. The number of benzene rings is 1. The average molecular weight is 378 g/mol. The van der Waals surface area contributed by atoms with E-state index in [1.54, 1.807) is 5.38 Å². The fourth-order valence-electron chi connectivity index (χ4n) is 4.36. The van der Waals surface area contributed by atoms with Gasteiger partial charge >= 0.3 is 5.97 Å². The van der Waals surface area contributed by atoms with E-state index in [2.05, 4.69) is 10.3 Å². The summed E-state index contributed by atoms with van der Waals surface area (Å²) in [6, 6.07) is 3.21. The number of fused-ring (bicyclic) bond motifs is 2. The summed E-state index contributed by atoms with van der Waals surface area (Å²) in [5.41, 5.74) is 0.442. The number of carboxylic acids is 1. The van der Waals surface area contributed by atoms with Gasteiger partial charge in [0.05, 0.1) is 17.5 Å². The number of anilines is 1. The molecule has 5 nitrogen and oxygen atoms in total. The Bertz CT molecular complexity index is 885. The molecule has 136 valence electrons. The fourth-order valence-corrected chi connectivity index (χ4v) is 5.08. The predicted molar refractivity (Wildman–Crippen MR) is 91.5 cm³/mol. The van der Waals surface area contributed by atoms with Gasteiger partial charge in [-0.1, -0.05) is 0 Å². The summed E-state index contributed by atoms with van der Waals surface area (Å²) in [5.74, 6) is -3.72. The van der Waals surface area contributed by atoms with Crippen molar-refractivity contribution < 1.29 is 23.5 Å². The molecular weight excluding hydrogens is 362 g/mol. The first-order valence-corrected chi connectivity index (χ1v) is 9.26. The van der Waals surface area contributed by atoms with Crippen molar-refractivity contribution in [3.8, 4) is 11.3 Å². The summed E-state index contributed by atoms with van der Waals surface area (Å²) >= 11 is 1.12. The minimum atomic E-state index is -0.925. The van der Waals surface area contributed by atoms with Crippen LogP contribution in [0, 0.1) is 35.3 Å². The van der Waals surface area contributed by atoms with E-state index in [0.29, 0.717) is 5.69 Å². The van der Waals surface area contributed by atoms with Gasteiger partial charge in [0.25, 0.3) is 0 Å². The third-order valence-electron chi connectivity index (χ3n) is 5.45. The molecule has 1 aromatic heterocycles. The molecule has 0 aliphatic heterocycles. The van der Waals surface area contributed by atoms with Gasteiger partial charge in [0, 0.05) is 17.0 Å². The molecule has 2 bridgehead atoms. The number of carboxylic acid groups (broad SMARTS) is 1. The predicted octanol–water partition coefficient (Wildman–Crippen LogP) is 3.77. The van der Waals surface area contributed by atoms with Crippen molar-refractivity contribution in [3.05, 3.63) is 35.2 Å². The Morgan fingerprint density at radius 2 is 1.92 bits per heavy atom. The van der Waals surface area contributed by atoms with Gasteiger partial charge in [-0.3, -0.25) is 9.59 Å². The van der Waals surface area contributed by atoms with E-state index in [1.165, 1.54) is 6.07 Å². The first-order valence-electron chi connectivity index (χ1n) is 8.38. The Balaban J connectivity index is 1.52. The molecule has 0 spiro atoms. The van der Waals surface area contributed by atoms with Gasteiger partial charge in [-0.15, -0.1) is 11.3 Å². The van der Waals surface area contributed by atoms with Crippen molar-refractivity contribution in [1.29, 1.82) is 0 Å². The number of nitrogens with zero attached hydrogens (tertiary/aromatic N) is 1. The molecule has 2 aliphatic carbocycles. The van der Waals surface area contributed by atoms with Crippen molar-refractivity contribution in [2.75, 3.05) is 5.32 Å². The van der Waals surface area contributed by atoms with E-state index in [-0.39, 0.29) is 28.4 Å². The summed E-state index contributed by atoms with van der Waals surface area (Å²) in [6.45, 7) is 0. The van der Waals surface area contributed by atoms with Gasteiger partial charge in [-0.25, -0.2) is 13.8 Å². The molecule has 2 aliphatic rings. The van der Waals surface area contributed by atoms with Crippen LogP contribution in [-0.4, -0.2) is 22.0 Å². The van der Waals surface area contributed by atoms with E-state index in [9.17, 15) is 23.5 Å². The molecule has 2 fully saturated rings. The Labute approximate surface area is 152 Å². The lowest BCUT2D eigenvalue weighted by molar-refractivity contribution is -0.148. The second-order valence-electron chi connectivity index (χ2n) is 6.87. The van der Waals surface area contributed by atoms with Crippen molar-refractivity contribution in [2.45, 2.75) is 19.3 Å². The van der Waals surface area contributed by atoms with E-state index in [4.69, 9.17) is 0 Å². The van der Waals surface area contributed by atoms with Crippen molar-refractivity contribution in [2.24, 2.45) is 23.7 Å². The van der Waals surface area contributed by atoms with Crippen molar-refractivity contribution in [1.82, 2.24) is 4.98 Å². The number of carbonyl (C=O) groups is 2. The second kappa shape index (κ2) is 6.42. The lowest BCUT2D eigenvalue weighted by Gasteiger charge is -2.26. The molecule has 0 unspecified atom stereocenters. The van der Waals surface area contributed by atoms with Crippen molar-refractivity contribution in [3.63, 3.8) is 0 Å². The summed E-state index contributed by atoms with van der Waals surface area (Å²) in [5, 5.41) is 14.0. The lowest BCUT2D eigenvalue weighted by Crippen LogP contribution is -2.37. The molecule has 2 N–H and O–H groups in total. The number of nitrogens with one attached hydrogen (secondary N) is 1. The number of rotatable bonds is 4. The van der Waals surface area contributed by atoms with Gasteiger partial charge in [0.1, 0.15) is 11.6 Å². The Hall–Kier alpha value is -2.35. The maximum atomic E-state index is 13.9. The highest BCUT2D eigenvalue weighted by molar-refractivity contribution is 7.14. The minimum Gasteiger partial charge on any atom is -0.481 e.